The number of thioether (sulfide) groups is 2. The molecule has 0 bridgehead atoms. The van der Waals surface area contributed by atoms with E-state index in [2.05, 4.69) is 67.8 Å². The molecule has 4 heteroatoms. The van der Waals surface area contributed by atoms with E-state index in [1.54, 1.807) is 0 Å². The first kappa shape index (κ1) is 15.6. The summed E-state index contributed by atoms with van der Waals surface area (Å²) >= 11 is 10.5. The van der Waals surface area contributed by atoms with E-state index in [9.17, 15) is 0 Å². The lowest BCUT2D eigenvalue weighted by atomic mass is 10.00. The summed E-state index contributed by atoms with van der Waals surface area (Å²) in [5.74, 6) is 2.52. The molecule has 0 aliphatic carbocycles. The van der Waals surface area contributed by atoms with Crippen LogP contribution < -0.4 is 5.32 Å². The maximum Gasteiger partial charge on any atom is 0.0451 e. The molecule has 106 valence electrons. The van der Waals surface area contributed by atoms with Gasteiger partial charge in [-0.05, 0) is 30.7 Å². The largest absolute Gasteiger partial charge is 0.309 e. The Balaban J connectivity index is 2.25. The van der Waals surface area contributed by atoms with Crippen LogP contribution in [0.2, 0.25) is 5.02 Å². The van der Waals surface area contributed by atoms with Crippen molar-refractivity contribution < 1.29 is 0 Å². The lowest BCUT2D eigenvalue weighted by molar-refractivity contribution is 0.525. The summed E-state index contributed by atoms with van der Waals surface area (Å²) < 4.78 is 0. The summed E-state index contributed by atoms with van der Waals surface area (Å²) in [6, 6.07) is 6.89. The molecule has 0 saturated carbocycles. The Morgan fingerprint density at radius 2 is 2.11 bits per heavy atom. The van der Waals surface area contributed by atoms with Gasteiger partial charge in [0, 0.05) is 33.1 Å². The SMILES string of the molecule is CCNC(c1ccc(C)c(Cl)c1)C1SCCSC1C. The van der Waals surface area contributed by atoms with E-state index < -0.39 is 0 Å². The molecular formula is C15H22ClNS2. The molecule has 1 heterocycles. The zero-order valence-electron chi connectivity index (χ0n) is 11.8. The third-order valence-electron chi connectivity index (χ3n) is 3.54. The number of rotatable bonds is 4. The van der Waals surface area contributed by atoms with Crippen molar-refractivity contribution in [2.24, 2.45) is 0 Å². The monoisotopic (exact) mass is 315 g/mol. The van der Waals surface area contributed by atoms with Crippen LogP contribution in [0.5, 0.6) is 0 Å². The quantitative estimate of drug-likeness (QED) is 0.876. The van der Waals surface area contributed by atoms with Gasteiger partial charge in [-0.15, -0.1) is 0 Å². The van der Waals surface area contributed by atoms with Crippen molar-refractivity contribution in [3.05, 3.63) is 34.3 Å². The van der Waals surface area contributed by atoms with Gasteiger partial charge in [-0.1, -0.05) is 37.6 Å². The number of halogens is 1. The van der Waals surface area contributed by atoms with Crippen molar-refractivity contribution in [3.63, 3.8) is 0 Å². The molecule has 2 rings (SSSR count). The molecule has 0 radical (unpaired) electrons. The van der Waals surface area contributed by atoms with Crippen LogP contribution in [0, 0.1) is 6.92 Å². The molecule has 0 amide bonds. The van der Waals surface area contributed by atoms with E-state index in [1.165, 1.54) is 17.1 Å². The highest BCUT2D eigenvalue weighted by Gasteiger charge is 2.31. The Morgan fingerprint density at radius 3 is 2.74 bits per heavy atom. The molecule has 1 aliphatic rings. The normalized spacial score (nSPS) is 25.3. The van der Waals surface area contributed by atoms with Gasteiger partial charge in [0.25, 0.3) is 0 Å². The van der Waals surface area contributed by atoms with Crippen LogP contribution in [0.3, 0.4) is 0 Å². The summed E-state index contributed by atoms with van der Waals surface area (Å²) in [5.41, 5.74) is 2.48. The van der Waals surface area contributed by atoms with E-state index >= 15 is 0 Å². The van der Waals surface area contributed by atoms with Gasteiger partial charge < -0.3 is 5.32 Å². The van der Waals surface area contributed by atoms with Crippen molar-refractivity contribution in [1.82, 2.24) is 5.32 Å². The summed E-state index contributed by atoms with van der Waals surface area (Å²) in [7, 11) is 0. The van der Waals surface area contributed by atoms with Gasteiger partial charge in [-0.25, -0.2) is 0 Å². The van der Waals surface area contributed by atoms with Crippen molar-refractivity contribution in [1.29, 1.82) is 0 Å². The van der Waals surface area contributed by atoms with Crippen LogP contribution in [0.15, 0.2) is 18.2 Å². The van der Waals surface area contributed by atoms with Crippen molar-refractivity contribution in [2.75, 3.05) is 18.1 Å². The molecule has 1 aromatic rings. The van der Waals surface area contributed by atoms with Gasteiger partial charge in [0.05, 0.1) is 0 Å². The first-order valence-electron chi connectivity index (χ1n) is 6.86. The minimum Gasteiger partial charge on any atom is -0.309 e. The standard InChI is InChI=1S/C15H22ClNS2/c1-4-17-14(15-11(3)18-7-8-19-15)12-6-5-10(2)13(16)9-12/h5-6,9,11,14-15,17H,4,7-8H2,1-3H3. The highest BCUT2D eigenvalue weighted by atomic mass is 35.5. The maximum absolute atomic E-state index is 6.29. The van der Waals surface area contributed by atoms with Crippen LogP contribution in [-0.2, 0) is 0 Å². The van der Waals surface area contributed by atoms with Crippen LogP contribution >= 0.6 is 35.1 Å². The maximum atomic E-state index is 6.29. The Bertz CT molecular complexity index is 425. The number of nitrogens with one attached hydrogen (secondary N) is 1. The van der Waals surface area contributed by atoms with Crippen LogP contribution in [0.25, 0.3) is 0 Å². The summed E-state index contributed by atoms with van der Waals surface area (Å²) in [5, 5.41) is 5.84. The van der Waals surface area contributed by atoms with Gasteiger partial charge in [-0.3, -0.25) is 0 Å². The molecule has 0 spiro atoms. The Labute approximate surface area is 130 Å². The molecule has 0 aromatic heterocycles. The Kier molecular flexibility index (Phi) is 5.94. The molecule has 1 N–H and O–H groups in total. The van der Waals surface area contributed by atoms with E-state index in [1.807, 2.05) is 0 Å². The molecule has 1 fully saturated rings. The second-order valence-electron chi connectivity index (χ2n) is 4.96. The Morgan fingerprint density at radius 1 is 1.37 bits per heavy atom. The van der Waals surface area contributed by atoms with Crippen LogP contribution in [0.4, 0.5) is 0 Å². The average Bonchev–Trinajstić information content (AvgIpc) is 2.40. The molecular weight excluding hydrogens is 294 g/mol. The molecule has 3 unspecified atom stereocenters. The predicted molar refractivity (Wildman–Crippen MR) is 90.8 cm³/mol. The van der Waals surface area contributed by atoms with Crippen LogP contribution in [0.1, 0.15) is 31.0 Å². The topological polar surface area (TPSA) is 12.0 Å². The lowest BCUT2D eigenvalue weighted by Crippen LogP contribution is -2.37. The Hall–Kier alpha value is 0.170. The van der Waals surface area contributed by atoms with E-state index in [0.717, 1.165) is 17.1 Å². The highest BCUT2D eigenvalue weighted by molar-refractivity contribution is 8.07. The number of aryl methyl sites for hydroxylation is 1. The molecule has 1 aromatic carbocycles. The van der Waals surface area contributed by atoms with Gasteiger partial charge in [-0.2, -0.15) is 23.5 Å². The van der Waals surface area contributed by atoms with Crippen molar-refractivity contribution in [3.8, 4) is 0 Å². The minimum absolute atomic E-state index is 0.399. The predicted octanol–water partition coefficient (Wildman–Crippen LogP) is 4.54. The lowest BCUT2D eigenvalue weighted by Gasteiger charge is -2.35. The third kappa shape index (κ3) is 3.84. The first-order valence-corrected chi connectivity index (χ1v) is 9.33. The second-order valence-corrected chi connectivity index (χ2v) is 8.13. The fourth-order valence-electron chi connectivity index (χ4n) is 2.46. The molecule has 19 heavy (non-hydrogen) atoms. The van der Waals surface area contributed by atoms with Gasteiger partial charge in [0.1, 0.15) is 0 Å². The number of benzene rings is 1. The zero-order valence-corrected chi connectivity index (χ0v) is 14.2. The highest BCUT2D eigenvalue weighted by Crippen LogP contribution is 2.39. The van der Waals surface area contributed by atoms with Crippen LogP contribution in [-0.4, -0.2) is 28.6 Å². The van der Waals surface area contributed by atoms with Gasteiger partial charge in [0.2, 0.25) is 0 Å². The van der Waals surface area contributed by atoms with E-state index in [-0.39, 0.29) is 0 Å². The summed E-state index contributed by atoms with van der Waals surface area (Å²) in [4.78, 5) is 0. The smallest absolute Gasteiger partial charge is 0.0451 e. The molecule has 1 saturated heterocycles. The fourth-order valence-corrected chi connectivity index (χ4v) is 5.60. The average molecular weight is 316 g/mol. The summed E-state index contributed by atoms with van der Waals surface area (Å²) in [6.07, 6.45) is 0. The van der Waals surface area contributed by atoms with Gasteiger partial charge in [0.15, 0.2) is 0 Å². The number of hydrogen-bond acceptors (Lipinski definition) is 3. The van der Waals surface area contributed by atoms with Crippen molar-refractivity contribution in [2.45, 2.75) is 37.3 Å². The van der Waals surface area contributed by atoms with Gasteiger partial charge >= 0.3 is 0 Å². The number of hydrogen-bond donors (Lipinski definition) is 1. The van der Waals surface area contributed by atoms with Crippen molar-refractivity contribution >= 4 is 35.1 Å². The summed E-state index contributed by atoms with van der Waals surface area (Å²) in [6.45, 7) is 7.57. The molecule has 1 aliphatic heterocycles. The molecule has 3 atom stereocenters. The zero-order chi connectivity index (χ0) is 13.8. The fraction of sp³-hybridized carbons (Fsp3) is 0.600. The first-order chi connectivity index (χ1) is 9.13. The second kappa shape index (κ2) is 7.26. The molecule has 1 nitrogen and oxygen atoms in total. The van der Waals surface area contributed by atoms with E-state index in [0.29, 0.717) is 16.5 Å². The third-order valence-corrected chi connectivity index (χ3v) is 7.15. The minimum atomic E-state index is 0.399. The van der Waals surface area contributed by atoms with E-state index in [4.69, 9.17) is 11.6 Å².